The molecule has 1 aliphatic carbocycles. The van der Waals surface area contributed by atoms with Crippen molar-refractivity contribution in [3.63, 3.8) is 0 Å². The molecule has 0 nitrogen and oxygen atoms in total. The van der Waals surface area contributed by atoms with Crippen molar-refractivity contribution in [3.8, 4) is 0 Å². The van der Waals surface area contributed by atoms with Crippen molar-refractivity contribution >= 4 is 38.3 Å². The first-order valence-electron chi connectivity index (χ1n) is 6.02. The standard InChI is InChI=1S/C16H12S/c1-2-6-12-10-16-14(9-11(12)5-1)13-7-3-4-8-15(13)17-16/h1-2,4-6,8-10H,3,7H2. The van der Waals surface area contributed by atoms with Crippen molar-refractivity contribution in [2.75, 3.05) is 0 Å². The van der Waals surface area contributed by atoms with Crippen LogP contribution >= 0.6 is 11.3 Å². The minimum atomic E-state index is 1.19. The summed E-state index contributed by atoms with van der Waals surface area (Å²) >= 11 is 1.93. The quantitative estimate of drug-likeness (QED) is 0.514. The van der Waals surface area contributed by atoms with Gasteiger partial charge in [-0.25, -0.2) is 0 Å². The molecule has 0 bridgehead atoms. The van der Waals surface area contributed by atoms with E-state index in [0.29, 0.717) is 0 Å². The van der Waals surface area contributed by atoms with E-state index in [1.165, 1.54) is 38.6 Å². The van der Waals surface area contributed by atoms with Crippen LogP contribution in [-0.2, 0) is 6.42 Å². The van der Waals surface area contributed by atoms with Gasteiger partial charge in [0.2, 0.25) is 0 Å². The number of aryl methyl sites for hydroxylation is 1. The minimum Gasteiger partial charge on any atom is -0.136 e. The first kappa shape index (κ1) is 9.43. The highest BCUT2D eigenvalue weighted by molar-refractivity contribution is 7.20. The number of rotatable bonds is 0. The number of hydrogen-bond donors (Lipinski definition) is 0. The van der Waals surface area contributed by atoms with Gasteiger partial charge in [0.05, 0.1) is 0 Å². The lowest BCUT2D eigenvalue weighted by atomic mass is 9.99. The van der Waals surface area contributed by atoms with E-state index in [1.807, 2.05) is 11.3 Å². The van der Waals surface area contributed by atoms with E-state index in [9.17, 15) is 0 Å². The largest absolute Gasteiger partial charge is 0.136 e. The van der Waals surface area contributed by atoms with E-state index in [1.54, 1.807) is 5.56 Å². The highest BCUT2D eigenvalue weighted by atomic mass is 32.1. The fraction of sp³-hybridized carbons (Fsp3) is 0.125. The molecule has 0 unspecified atom stereocenters. The molecule has 0 amide bonds. The summed E-state index contributed by atoms with van der Waals surface area (Å²) in [6, 6.07) is 13.3. The van der Waals surface area contributed by atoms with Gasteiger partial charge in [-0.1, -0.05) is 30.3 Å². The Bertz CT molecular complexity index is 747. The average molecular weight is 236 g/mol. The third-order valence-electron chi connectivity index (χ3n) is 3.52. The van der Waals surface area contributed by atoms with Gasteiger partial charge < -0.3 is 0 Å². The van der Waals surface area contributed by atoms with Gasteiger partial charge in [0.25, 0.3) is 0 Å². The van der Waals surface area contributed by atoms with Crippen LogP contribution in [0.25, 0.3) is 26.9 Å². The van der Waals surface area contributed by atoms with E-state index < -0.39 is 0 Å². The van der Waals surface area contributed by atoms with Crippen LogP contribution in [-0.4, -0.2) is 0 Å². The molecule has 0 aliphatic heterocycles. The summed E-state index contributed by atoms with van der Waals surface area (Å²) < 4.78 is 1.43. The van der Waals surface area contributed by atoms with Gasteiger partial charge in [0.15, 0.2) is 0 Å². The molecule has 2 aromatic carbocycles. The van der Waals surface area contributed by atoms with Crippen LogP contribution in [0.3, 0.4) is 0 Å². The van der Waals surface area contributed by atoms with Crippen LogP contribution in [0, 0.1) is 0 Å². The number of fused-ring (bicyclic) bond motifs is 4. The summed E-state index contributed by atoms with van der Waals surface area (Å²) in [5.74, 6) is 0. The molecule has 1 heterocycles. The second-order valence-corrected chi connectivity index (χ2v) is 5.67. The summed E-state index contributed by atoms with van der Waals surface area (Å²) in [5, 5.41) is 4.17. The third-order valence-corrected chi connectivity index (χ3v) is 4.68. The van der Waals surface area contributed by atoms with Gasteiger partial charge in [-0.2, -0.15) is 0 Å². The maximum Gasteiger partial charge on any atom is 0.0358 e. The van der Waals surface area contributed by atoms with E-state index in [2.05, 4.69) is 48.6 Å². The van der Waals surface area contributed by atoms with Crippen LogP contribution in [0.4, 0.5) is 0 Å². The fourth-order valence-electron chi connectivity index (χ4n) is 2.66. The molecule has 4 rings (SSSR count). The second-order valence-electron chi connectivity index (χ2n) is 4.58. The predicted octanol–water partition coefficient (Wildman–Crippen LogP) is 5.01. The van der Waals surface area contributed by atoms with Crippen molar-refractivity contribution in [3.05, 3.63) is 52.9 Å². The van der Waals surface area contributed by atoms with Crippen molar-refractivity contribution in [2.45, 2.75) is 12.8 Å². The molecule has 17 heavy (non-hydrogen) atoms. The Hall–Kier alpha value is -1.60. The molecular weight excluding hydrogens is 224 g/mol. The number of allylic oxidation sites excluding steroid dienone is 1. The van der Waals surface area contributed by atoms with Gasteiger partial charge in [-0.3, -0.25) is 0 Å². The van der Waals surface area contributed by atoms with Gasteiger partial charge in [-0.15, -0.1) is 11.3 Å². The fourth-order valence-corrected chi connectivity index (χ4v) is 3.88. The topological polar surface area (TPSA) is 0 Å². The molecule has 0 atom stereocenters. The van der Waals surface area contributed by atoms with Crippen LogP contribution in [0.5, 0.6) is 0 Å². The van der Waals surface area contributed by atoms with E-state index >= 15 is 0 Å². The Morgan fingerprint density at radius 3 is 2.71 bits per heavy atom. The molecule has 1 aromatic heterocycles. The number of hydrogen-bond acceptors (Lipinski definition) is 1. The van der Waals surface area contributed by atoms with Crippen LogP contribution in [0.15, 0.2) is 42.5 Å². The molecule has 0 saturated heterocycles. The molecule has 3 aromatic rings. The molecule has 1 heteroatoms. The van der Waals surface area contributed by atoms with Gasteiger partial charge in [-0.05, 0) is 52.8 Å². The lowest BCUT2D eigenvalue weighted by Crippen LogP contribution is -1.88. The first-order chi connectivity index (χ1) is 8.42. The van der Waals surface area contributed by atoms with Gasteiger partial charge >= 0.3 is 0 Å². The lowest BCUT2D eigenvalue weighted by molar-refractivity contribution is 1.01. The van der Waals surface area contributed by atoms with Crippen LogP contribution in [0.1, 0.15) is 16.9 Å². The predicted molar refractivity (Wildman–Crippen MR) is 76.7 cm³/mol. The molecule has 0 N–H and O–H groups in total. The van der Waals surface area contributed by atoms with Crippen molar-refractivity contribution < 1.29 is 0 Å². The normalized spacial score (nSPS) is 14.4. The Labute approximate surface area is 104 Å². The Morgan fingerprint density at radius 2 is 1.82 bits per heavy atom. The second kappa shape index (κ2) is 3.44. The molecule has 82 valence electrons. The Morgan fingerprint density at radius 1 is 1.00 bits per heavy atom. The molecule has 0 fully saturated rings. The Balaban J connectivity index is 2.16. The van der Waals surface area contributed by atoms with Crippen molar-refractivity contribution in [1.82, 2.24) is 0 Å². The van der Waals surface area contributed by atoms with Gasteiger partial charge in [0.1, 0.15) is 0 Å². The van der Waals surface area contributed by atoms with E-state index in [-0.39, 0.29) is 0 Å². The summed E-state index contributed by atoms with van der Waals surface area (Å²) in [5.41, 5.74) is 1.55. The molecule has 0 radical (unpaired) electrons. The number of benzene rings is 2. The zero-order valence-electron chi connectivity index (χ0n) is 9.44. The lowest BCUT2D eigenvalue weighted by Gasteiger charge is -2.04. The maximum absolute atomic E-state index is 2.36. The van der Waals surface area contributed by atoms with Crippen molar-refractivity contribution in [1.29, 1.82) is 0 Å². The Kier molecular flexibility index (Phi) is 1.91. The minimum absolute atomic E-state index is 1.19. The zero-order valence-corrected chi connectivity index (χ0v) is 10.3. The number of thiophene rings is 1. The van der Waals surface area contributed by atoms with Gasteiger partial charge in [0, 0.05) is 9.58 Å². The molecule has 0 saturated carbocycles. The summed E-state index contributed by atoms with van der Waals surface area (Å²) in [7, 11) is 0. The summed E-state index contributed by atoms with van der Waals surface area (Å²) in [6.45, 7) is 0. The molecular formula is C16H12S. The highest BCUT2D eigenvalue weighted by Crippen LogP contribution is 2.37. The smallest absolute Gasteiger partial charge is 0.0358 e. The monoisotopic (exact) mass is 236 g/mol. The van der Waals surface area contributed by atoms with Crippen LogP contribution in [0.2, 0.25) is 0 Å². The van der Waals surface area contributed by atoms with E-state index in [0.717, 1.165) is 0 Å². The maximum atomic E-state index is 2.36. The third kappa shape index (κ3) is 1.36. The zero-order chi connectivity index (χ0) is 11.2. The van der Waals surface area contributed by atoms with Crippen molar-refractivity contribution in [2.24, 2.45) is 0 Å². The highest BCUT2D eigenvalue weighted by Gasteiger charge is 2.12. The SMILES string of the molecule is C1=Cc2sc3cc4ccccc4cc3c2CC1. The van der Waals surface area contributed by atoms with Crippen LogP contribution < -0.4 is 0 Å². The van der Waals surface area contributed by atoms with E-state index in [4.69, 9.17) is 0 Å². The summed E-state index contributed by atoms with van der Waals surface area (Å²) in [4.78, 5) is 1.46. The molecule has 1 aliphatic rings. The first-order valence-corrected chi connectivity index (χ1v) is 6.84. The molecule has 0 spiro atoms. The average Bonchev–Trinajstić information content (AvgIpc) is 2.73. The summed E-state index contributed by atoms with van der Waals surface area (Å²) in [6.07, 6.45) is 6.96.